The van der Waals surface area contributed by atoms with Crippen LogP contribution in [0.2, 0.25) is 0 Å². The van der Waals surface area contributed by atoms with Crippen molar-refractivity contribution in [2.75, 3.05) is 20.3 Å². The molecular weight excluding hydrogens is 300 g/mol. The zero-order valence-corrected chi connectivity index (χ0v) is 11.2. The first kappa shape index (κ1) is 17.8. The fourth-order valence-electron chi connectivity index (χ4n) is 1.60. The molecule has 8 heteroatoms. The van der Waals surface area contributed by atoms with Gasteiger partial charge in [0.25, 0.3) is 0 Å². The van der Waals surface area contributed by atoms with Crippen molar-refractivity contribution in [1.82, 2.24) is 5.32 Å². The van der Waals surface area contributed by atoms with Crippen LogP contribution in [-0.2, 0) is 11.2 Å². The molecule has 0 fully saturated rings. The van der Waals surface area contributed by atoms with Crippen LogP contribution in [0.1, 0.15) is 5.56 Å². The minimum Gasteiger partial charge on any atom is -0.373 e. The minimum atomic E-state index is -4.21. The van der Waals surface area contributed by atoms with Crippen molar-refractivity contribution in [2.24, 2.45) is 0 Å². The number of hydrogen-bond acceptors (Lipinski definition) is 2. The summed E-state index contributed by atoms with van der Waals surface area (Å²) in [5.41, 5.74) is 0.428. The number of benzene rings is 1. The Kier molecular flexibility index (Phi) is 6.47. The molecule has 1 aromatic rings. The van der Waals surface area contributed by atoms with Gasteiger partial charge in [-0.1, -0.05) is 6.07 Å². The average molecular weight is 315 g/mol. The Hall–Kier alpha value is -1.28. The number of rotatable bonds is 8. The van der Waals surface area contributed by atoms with Gasteiger partial charge in [0.1, 0.15) is 6.61 Å². The van der Waals surface area contributed by atoms with E-state index >= 15 is 0 Å². The first-order chi connectivity index (χ1) is 9.76. The third-order valence-electron chi connectivity index (χ3n) is 2.81. The molecule has 0 spiro atoms. The molecule has 0 aliphatic carbocycles. The lowest BCUT2D eigenvalue weighted by molar-refractivity contribution is -0.166. The number of hydrogen-bond donors (Lipinski definition) is 1. The highest BCUT2D eigenvalue weighted by atomic mass is 19.3. The molecule has 120 valence electrons. The number of nitrogens with one attached hydrogen (secondary N) is 1. The predicted octanol–water partition coefficient (Wildman–Crippen LogP) is 3.01. The van der Waals surface area contributed by atoms with Crippen LogP contribution in [0.3, 0.4) is 0 Å². The first-order valence-electron chi connectivity index (χ1n) is 6.11. The van der Waals surface area contributed by atoms with Crippen molar-refractivity contribution in [1.29, 1.82) is 0 Å². The van der Waals surface area contributed by atoms with E-state index in [1.807, 2.05) is 0 Å². The van der Waals surface area contributed by atoms with E-state index in [0.717, 1.165) is 12.1 Å². The largest absolute Gasteiger partial charge is 0.373 e. The molecule has 0 aromatic heterocycles. The van der Waals surface area contributed by atoms with Crippen LogP contribution < -0.4 is 5.32 Å². The number of alkyl halides is 4. The molecule has 0 heterocycles. The molecule has 0 aliphatic heterocycles. The normalized spacial score (nSPS) is 13.7. The van der Waals surface area contributed by atoms with Crippen LogP contribution in [0.25, 0.3) is 0 Å². The summed E-state index contributed by atoms with van der Waals surface area (Å²) in [6, 6.07) is 2.77. The summed E-state index contributed by atoms with van der Waals surface area (Å²) < 4.78 is 79.5. The fourth-order valence-corrected chi connectivity index (χ4v) is 1.60. The maximum absolute atomic E-state index is 13.0. The Bertz CT molecular complexity index is 454. The van der Waals surface area contributed by atoms with E-state index in [1.165, 1.54) is 13.1 Å². The molecule has 21 heavy (non-hydrogen) atoms. The van der Waals surface area contributed by atoms with Crippen LogP contribution in [0.5, 0.6) is 0 Å². The van der Waals surface area contributed by atoms with Gasteiger partial charge < -0.3 is 10.1 Å². The Morgan fingerprint density at radius 3 is 2.38 bits per heavy atom. The van der Waals surface area contributed by atoms with E-state index in [9.17, 15) is 26.3 Å². The SMILES string of the molecule is CNC(COCC(F)(F)C(F)F)Cc1ccc(F)c(F)c1. The number of halogens is 6. The van der Waals surface area contributed by atoms with Gasteiger partial charge in [-0.15, -0.1) is 0 Å². The Morgan fingerprint density at radius 1 is 1.19 bits per heavy atom. The highest BCUT2D eigenvalue weighted by Gasteiger charge is 2.41. The highest BCUT2D eigenvalue weighted by Crippen LogP contribution is 2.23. The standard InChI is InChI=1S/C13H15F6NO/c1-20-9(6-21-7-13(18,19)12(16)17)4-8-2-3-10(14)11(15)5-8/h2-3,5,9,12,20H,4,6-7H2,1H3. The van der Waals surface area contributed by atoms with Gasteiger partial charge in [0.15, 0.2) is 11.6 Å². The van der Waals surface area contributed by atoms with Gasteiger partial charge in [0.05, 0.1) is 6.61 Å². The molecule has 0 saturated carbocycles. The lowest BCUT2D eigenvalue weighted by atomic mass is 10.1. The molecule has 1 atom stereocenters. The smallest absolute Gasteiger partial charge is 0.330 e. The molecule has 0 aliphatic rings. The minimum absolute atomic E-state index is 0.175. The monoisotopic (exact) mass is 315 g/mol. The molecule has 0 bridgehead atoms. The summed E-state index contributed by atoms with van der Waals surface area (Å²) in [5.74, 6) is -6.22. The lowest BCUT2D eigenvalue weighted by Gasteiger charge is -2.19. The Labute approximate surface area is 118 Å². The van der Waals surface area contributed by atoms with Gasteiger partial charge in [-0.25, -0.2) is 17.6 Å². The number of likely N-dealkylation sites (N-methyl/N-ethyl adjacent to an activating group) is 1. The molecule has 0 saturated heterocycles. The lowest BCUT2D eigenvalue weighted by Crippen LogP contribution is -2.37. The zero-order valence-electron chi connectivity index (χ0n) is 11.2. The average Bonchev–Trinajstić information content (AvgIpc) is 2.41. The van der Waals surface area contributed by atoms with Crippen LogP contribution in [0.4, 0.5) is 26.3 Å². The number of ether oxygens (including phenoxy) is 1. The van der Waals surface area contributed by atoms with E-state index in [4.69, 9.17) is 0 Å². The second-order valence-corrected chi connectivity index (χ2v) is 4.52. The van der Waals surface area contributed by atoms with Crippen molar-refractivity contribution in [3.8, 4) is 0 Å². The van der Waals surface area contributed by atoms with Crippen molar-refractivity contribution in [3.63, 3.8) is 0 Å². The highest BCUT2D eigenvalue weighted by molar-refractivity contribution is 5.18. The van der Waals surface area contributed by atoms with E-state index in [2.05, 4.69) is 10.1 Å². The summed E-state index contributed by atoms with van der Waals surface area (Å²) in [4.78, 5) is 0. The summed E-state index contributed by atoms with van der Waals surface area (Å²) in [6.07, 6.45) is -3.62. The first-order valence-corrected chi connectivity index (χ1v) is 6.11. The molecule has 0 radical (unpaired) electrons. The van der Waals surface area contributed by atoms with Gasteiger partial charge in [-0.05, 0) is 31.2 Å². The Morgan fingerprint density at radius 2 is 1.86 bits per heavy atom. The Balaban J connectivity index is 2.50. The van der Waals surface area contributed by atoms with Crippen molar-refractivity contribution in [2.45, 2.75) is 24.8 Å². The third-order valence-corrected chi connectivity index (χ3v) is 2.81. The van der Waals surface area contributed by atoms with E-state index in [0.29, 0.717) is 5.56 Å². The van der Waals surface area contributed by atoms with Crippen LogP contribution in [-0.4, -0.2) is 38.7 Å². The molecule has 1 unspecified atom stereocenters. The van der Waals surface area contributed by atoms with E-state index in [1.54, 1.807) is 0 Å². The van der Waals surface area contributed by atoms with E-state index in [-0.39, 0.29) is 13.0 Å². The van der Waals surface area contributed by atoms with Crippen molar-refractivity contribution >= 4 is 0 Å². The van der Waals surface area contributed by atoms with Crippen LogP contribution >= 0.6 is 0 Å². The molecule has 1 rings (SSSR count). The summed E-state index contributed by atoms with van der Waals surface area (Å²) in [7, 11) is 1.51. The fraction of sp³-hybridized carbons (Fsp3) is 0.538. The summed E-state index contributed by atoms with van der Waals surface area (Å²) in [6.45, 7) is -1.67. The van der Waals surface area contributed by atoms with Gasteiger partial charge in [0.2, 0.25) is 0 Å². The molecular formula is C13H15F6NO. The molecule has 1 aromatic carbocycles. The van der Waals surface area contributed by atoms with Crippen LogP contribution in [0, 0.1) is 11.6 Å². The topological polar surface area (TPSA) is 21.3 Å². The summed E-state index contributed by atoms with van der Waals surface area (Å²) >= 11 is 0. The predicted molar refractivity (Wildman–Crippen MR) is 64.7 cm³/mol. The quantitative estimate of drug-likeness (QED) is 0.745. The molecule has 2 nitrogen and oxygen atoms in total. The van der Waals surface area contributed by atoms with Gasteiger partial charge in [-0.3, -0.25) is 0 Å². The molecule has 0 amide bonds. The van der Waals surface area contributed by atoms with Crippen molar-refractivity contribution in [3.05, 3.63) is 35.4 Å². The van der Waals surface area contributed by atoms with Gasteiger partial charge >= 0.3 is 12.3 Å². The third kappa shape index (κ3) is 5.55. The second-order valence-electron chi connectivity index (χ2n) is 4.52. The van der Waals surface area contributed by atoms with Gasteiger partial charge in [0, 0.05) is 6.04 Å². The molecule has 1 N–H and O–H groups in total. The van der Waals surface area contributed by atoms with Crippen LogP contribution in [0.15, 0.2) is 18.2 Å². The van der Waals surface area contributed by atoms with Crippen molar-refractivity contribution < 1.29 is 31.1 Å². The van der Waals surface area contributed by atoms with Gasteiger partial charge in [-0.2, -0.15) is 8.78 Å². The maximum Gasteiger partial charge on any atom is 0.330 e. The zero-order chi connectivity index (χ0) is 16.0. The maximum atomic E-state index is 13.0. The summed E-state index contributed by atoms with van der Waals surface area (Å²) in [5, 5.41) is 2.73. The second kappa shape index (κ2) is 7.65. The van der Waals surface area contributed by atoms with E-state index < -0.39 is 36.6 Å².